The van der Waals surface area contributed by atoms with Crippen molar-refractivity contribution < 1.29 is 9.21 Å². The first-order valence-corrected chi connectivity index (χ1v) is 9.67. The van der Waals surface area contributed by atoms with Crippen LogP contribution in [0.1, 0.15) is 28.1 Å². The van der Waals surface area contributed by atoms with Gasteiger partial charge in [0.2, 0.25) is 5.76 Å². The standard InChI is InChI=1S/C23H19N5O2/c1-24-19-7-4-14-11-15(5-6-17(14)19)27-21-18-8-10-26-13-20(18)30-22(21)23(29)28-16-3-2-9-25-12-16/h2-3,5-6,8-13,27H,4,7H2,1H3,(H,28,29). The number of nitrogens with zero attached hydrogens (tertiary/aromatic N) is 3. The quantitative estimate of drug-likeness (QED) is 0.526. The highest BCUT2D eigenvalue weighted by Gasteiger charge is 2.22. The molecule has 3 heterocycles. The van der Waals surface area contributed by atoms with Gasteiger partial charge in [0, 0.05) is 36.2 Å². The number of furan rings is 1. The molecule has 2 N–H and O–H groups in total. The fourth-order valence-electron chi connectivity index (χ4n) is 3.78. The molecule has 0 bridgehead atoms. The molecule has 0 fully saturated rings. The summed E-state index contributed by atoms with van der Waals surface area (Å²) in [5.74, 6) is -0.165. The van der Waals surface area contributed by atoms with E-state index in [1.165, 1.54) is 11.1 Å². The molecule has 148 valence electrons. The van der Waals surface area contributed by atoms with E-state index in [1.54, 1.807) is 36.9 Å². The Balaban J connectivity index is 1.52. The number of amides is 1. The van der Waals surface area contributed by atoms with Crippen molar-refractivity contribution in [3.8, 4) is 0 Å². The van der Waals surface area contributed by atoms with Crippen molar-refractivity contribution in [2.75, 3.05) is 17.7 Å². The molecule has 4 aromatic rings. The van der Waals surface area contributed by atoms with Gasteiger partial charge in [-0.2, -0.15) is 0 Å². The Labute approximate surface area is 172 Å². The zero-order valence-corrected chi connectivity index (χ0v) is 16.3. The van der Waals surface area contributed by atoms with Crippen LogP contribution in [0.3, 0.4) is 0 Å². The van der Waals surface area contributed by atoms with E-state index in [-0.39, 0.29) is 11.7 Å². The van der Waals surface area contributed by atoms with Crippen LogP contribution in [0.2, 0.25) is 0 Å². The molecule has 0 spiro atoms. The number of benzene rings is 1. The predicted molar refractivity (Wildman–Crippen MR) is 117 cm³/mol. The van der Waals surface area contributed by atoms with E-state index in [2.05, 4.69) is 37.7 Å². The lowest BCUT2D eigenvalue weighted by molar-refractivity contribution is 0.0999. The summed E-state index contributed by atoms with van der Waals surface area (Å²) in [5.41, 5.74) is 6.20. The van der Waals surface area contributed by atoms with Crippen molar-refractivity contribution >= 4 is 39.7 Å². The highest BCUT2D eigenvalue weighted by atomic mass is 16.3. The van der Waals surface area contributed by atoms with E-state index in [9.17, 15) is 4.79 Å². The molecule has 30 heavy (non-hydrogen) atoms. The molecule has 0 aliphatic heterocycles. The second-order valence-electron chi connectivity index (χ2n) is 7.04. The molecule has 1 amide bonds. The third kappa shape index (κ3) is 3.20. The van der Waals surface area contributed by atoms with Crippen LogP contribution in [0.15, 0.2) is 70.6 Å². The molecule has 0 radical (unpaired) electrons. The number of pyridine rings is 2. The summed E-state index contributed by atoms with van der Waals surface area (Å²) in [7, 11) is 1.83. The van der Waals surface area contributed by atoms with Crippen molar-refractivity contribution in [3.63, 3.8) is 0 Å². The third-order valence-electron chi connectivity index (χ3n) is 5.21. The molecule has 3 aromatic heterocycles. The maximum Gasteiger partial charge on any atom is 0.293 e. The molecule has 1 aromatic carbocycles. The molecule has 0 atom stereocenters. The Morgan fingerprint density at radius 3 is 2.80 bits per heavy atom. The van der Waals surface area contributed by atoms with E-state index >= 15 is 0 Å². The van der Waals surface area contributed by atoms with Gasteiger partial charge in [-0.15, -0.1) is 0 Å². The first-order valence-electron chi connectivity index (χ1n) is 9.67. The lowest BCUT2D eigenvalue weighted by Crippen LogP contribution is -2.12. The molecule has 1 aliphatic rings. The van der Waals surface area contributed by atoms with Gasteiger partial charge in [0.15, 0.2) is 5.58 Å². The molecule has 5 rings (SSSR count). The van der Waals surface area contributed by atoms with Crippen LogP contribution in [0, 0.1) is 0 Å². The second kappa shape index (κ2) is 7.44. The number of anilines is 3. The number of hydrogen-bond donors (Lipinski definition) is 2. The van der Waals surface area contributed by atoms with Gasteiger partial charge in [-0.3, -0.25) is 19.8 Å². The van der Waals surface area contributed by atoms with Crippen molar-refractivity contribution in [3.05, 3.63) is 78.1 Å². The van der Waals surface area contributed by atoms with Gasteiger partial charge in [-0.25, -0.2) is 0 Å². The highest BCUT2D eigenvalue weighted by Crippen LogP contribution is 2.34. The van der Waals surface area contributed by atoms with E-state index in [4.69, 9.17) is 4.42 Å². The Hall–Kier alpha value is -4.00. The minimum Gasteiger partial charge on any atom is -0.447 e. The summed E-state index contributed by atoms with van der Waals surface area (Å²) < 4.78 is 5.86. The highest BCUT2D eigenvalue weighted by molar-refractivity contribution is 6.12. The van der Waals surface area contributed by atoms with Gasteiger partial charge >= 0.3 is 0 Å². The van der Waals surface area contributed by atoms with Gasteiger partial charge in [0.1, 0.15) is 0 Å². The monoisotopic (exact) mass is 397 g/mol. The normalized spacial score (nSPS) is 14.1. The summed E-state index contributed by atoms with van der Waals surface area (Å²) in [6, 6.07) is 11.5. The van der Waals surface area contributed by atoms with Crippen LogP contribution in [0.4, 0.5) is 17.1 Å². The van der Waals surface area contributed by atoms with Crippen molar-refractivity contribution in [1.82, 2.24) is 9.97 Å². The van der Waals surface area contributed by atoms with Crippen LogP contribution in [0.25, 0.3) is 11.0 Å². The van der Waals surface area contributed by atoms with Crippen molar-refractivity contribution in [2.45, 2.75) is 12.8 Å². The predicted octanol–water partition coefficient (Wildman–Crippen LogP) is 4.58. The summed E-state index contributed by atoms with van der Waals surface area (Å²) in [6.45, 7) is 0. The number of carbonyl (C=O) groups is 1. The van der Waals surface area contributed by atoms with Crippen molar-refractivity contribution in [1.29, 1.82) is 0 Å². The average Bonchev–Trinajstić information content (AvgIpc) is 3.36. The molecule has 7 heteroatoms. The second-order valence-corrected chi connectivity index (χ2v) is 7.04. The van der Waals surface area contributed by atoms with Crippen LogP contribution in [-0.4, -0.2) is 28.6 Å². The molecule has 0 saturated heterocycles. The summed E-state index contributed by atoms with van der Waals surface area (Å²) in [6.07, 6.45) is 8.43. The van der Waals surface area contributed by atoms with Gasteiger partial charge < -0.3 is 15.1 Å². The lowest BCUT2D eigenvalue weighted by atomic mass is 10.1. The van der Waals surface area contributed by atoms with Gasteiger partial charge in [-0.1, -0.05) is 6.07 Å². The smallest absolute Gasteiger partial charge is 0.293 e. The first-order chi connectivity index (χ1) is 14.7. The minimum absolute atomic E-state index is 0.193. The van der Waals surface area contributed by atoms with Crippen LogP contribution < -0.4 is 10.6 Å². The number of carbonyl (C=O) groups excluding carboxylic acids is 1. The Bertz CT molecular complexity index is 1280. The van der Waals surface area contributed by atoms with E-state index in [0.717, 1.165) is 29.6 Å². The van der Waals surface area contributed by atoms with E-state index in [1.807, 2.05) is 19.2 Å². The van der Waals surface area contributed by atoms with E-state index < -0.39 is 0 Å². The minimum atomic E-state index is -0.358. The number of aliphatic imine (C=N–C) groups is 1. The molecule has 7 nitrogen and oxygen atoms in total. The summed E-state index contributed by atoms with van der Waals surface area (Å²) in [5, 5.41) is 7.01. The Kier molecular flexibility index (Phi) is 4.48. The molecule has 0 unspecified atom stereocenters. The number of nitrogens with one attached hydrogen (secondary N) is 2. The van der Waals surface area contributed by atoms with Gasteiger partial charge in [0.25, 0.3) is 5.91 Å². The maximum absolute atomic E-state index is 13.0. The molecule has 0 saturated carbocycles. The number of aromatic nitrogens is 2. The first kappa shape index (κ1) is 18.1. The third-order valence-corrected chi connectivity index (χ3v) is 5.21. The van der Waals surface area contributed by atoms with Crippen LogP contribution in [0.5, 0.6) is 0 Å². The fraction of sp³-hybridized carbons (Fsp3) is 0.130. The summed E-state index contributed by atoms with van der Waals surface area (Å²) in [4.78, 5) is 25.5. The average molecular weight is 397 g/mol. The number of aryl methyl sites for hydroxylation is 1. The largest absolute Gasteiger partial charge is 0.447 e. The lowest BCUT2D eigenvalue weighted by Gasteiger charge is -2.10. The van der Waals surface area contributed by atoms with E-state index in [0.29, 0.717) is 17.0 Å². The molecule has 1 aliphatic carbocycles. The van der Waals surface area contributed by atoms with Crippen LogP contribution in [-0.2, 0) is 6.42 Å². The molecular weight excluding hydrogens is 378 g/mol. The Morgan fingerprint density at radius 2 is 1.97 bits per heavy atom. The fourth-order valence-corrected chi connectivity index (χ4v) is 3.78. The maximum atomic E-state index is 13.0. The Morgan fingerprint density at radius 1 is 1.07 bits per heavy atom. The zero-order chi connectivity index (χ0) is 20.5. The zero-order valence-electron chi connectivity index (χ0n) is 16.3. The SMILES string of the molecule is CN=C1CCc2cc(Nc3c(C(=O)Nc4cccnc4)oc4cnccc34)ccc21. The summed E-state index contributed by atoms with van der Waals surface area (Å²) >= 11 is 0. The molecular formula is C23H19N5O2. The van der Waals surface area contributed by atoms with Gasteiger partial charge in [-0.05, 0) is 54.3 Å². The van der Waals surface area contributed by atoms with Crippen LogP contribution >= 0.6 is 0 Å². The number of fused-ring (bicyclic) bond motifs is 2. The number of hydrogen-bond acceptors (Lipinski definition) is 6. The van der Waals surface area contributed by atoms with Gasteiger partial charge in [0.05, 0.1) is 23.8 Å². The number of rotatable bonds is 4. The van der Waals surface area contributed by atoms with Crippen molar-refractivity contribution in [2.24, 2.45) is 4.99 Å². The topological polar surface area (TPSA) is 92.4 Å².